The molecule has 1 aliphatic heterocycles. The van der Waals surface area contributed by atoms with Crippen molar-refractivity contribution in [2.75, 3.05) is 6.61 Å². The van der Waals surface area contributed by atoms with Crippen LogP contribution in [0.1, 0.15) is 19.4 Å². The van der Waals surface area contributed by atoms with E-state index in [1.54, 1.807) is 12.1 Å². The summed E-state index contributed by atoms with van der Waals surface area (Å²) < 4.78 is 17.1. The molecule has 10 nitrogen and oxygen atoms in total. The van der Waals surface area contributed by atoms with Gasteiger partial charge in [-0.25, -0.2) is 0 Å². The lowest BCUT2D eigenvalue weighted by molar-refractivity contribution is -0.277. The number of rotatable bonds is 6. The summed E-state index contributed by atoms with van der Waals surface area (Å²) in [5.74, 6) is -0.395. The maximum Gasteiger partial charge on any atom is 0.229 e. The highest BCUT2D eigenvalue weighted by molar-refractivity contribution is 5.91. The minimum absolute atomic E-state index is 0.0161. The van der Waals surface area contributed by atoms with Gasteiger partial charge < -0.3 is 44.5 Å². The van der Waals surface area contributed by atoms with Crippen LogP contribution in [0.25, 0.3) is 22.1 Å². The van der Waals surface area contributed by atoms with Gasteiger partial charge in [0.05, 0.1) is 12.2 Å². The molecular weight excluding hydrogens is 472 g/mol. The van der Waals surface area contributed by atoms with Gasteiger partial charge >= 0.3 is 0 Å². The first-order chi connectivity index (χ1) is 17.1. The molecule has 0 radical (unpaired) electrons. The van der Waals surface area contributed by atoms with E-state index in [-0.39, 0.29) is 34.5 Å². The molecule has 0 bridgehead atoms. The van der Waals surface area contributed by atoms with Crippen molar-refractivity contribution in [2.24, 2.45) is 0 Å². The molecule has 2 aromatic carbocycles. The average molecular weight is 501 g/mol. The maximum absolute atomic E-state index is 13.3. The zero-order valence-corrected chi connectivity index (χ0v) is 19.7. The molecule has 5 atom stereocenters. The van der Waals surface area contributed by atoms with E-state index in [2.05, 4.69) is 0 Å². The van der Waals surface area contributed by atoms with Crippen LogP contribution in [0.3, 0.4) is 0 Å². The van der Waals surface area contributed by atoms with Crippen LogP contribution in [0.4, 0.5) is 0 Å². The Hall–Kier alpha value is -3.41. The van der Waals surface area contributed by atoms with E-state index in [1.807, 2.05) is 19.9 Å². The molecule has 0 saturated carbocycles. The third kappa shape index (κ3) is 4.81. The summed E-state index contributed by atoms with van der Waals surface area (Å²) >= 11 is 0. The number of hydrogen-bond acceptors (Lipinski definition) is 10. The Morgan fingerprint density at radius 1 is 1.06 bits per heavy atom. The quantitative estimate of drug-likeness (QED) is 0.273. The fourth-order valence-corrected chi connectivity index (χ4v) is 4.05. The summed E-state index contributed by atoms with van der Waals surface area (Å²) in [6.07, 6.45) is -4.23. The number of benzene rings is 2. The van der Waals surface area contributed by atoms with Crippen molar-refractivity contribution in [2.45, 2.75) is 51.0 Å². The first kappa shape index (κ1) is 25.7. The predicted molar refractivity (Wildman–Crippen MR) is 129 cm³/mol. The van der Waals surface area contributed by atoms with E-state index in [0.29, 0.717) is 11.1 Å². The smallest absolute Gasteiger partial charge is 0.229 e. The number of hydrogen-bond donors (Lipinski definition) is 6. The van der Waals surface area contributed by atoms with Crippen molar-refractivity contribution in [3.63, 3.8) is 0 Å². The topological polar surface area (TPSA) is 170 Å². The number of phenols is 2. The zero-order valence-electron chi connectivity index (χ0n) is 19.7. The number of fused-ring (bicyclic) bond motifs is 1. The van der Waals surface area contributed by atoms with Crippen LogP contribution in [0.15, 0.2) is 57.5 Å². The number of allylic oxidation sites excluding steroid dienone is 2. The van der Waals surface area contributed by atoms with Gasteiger partial charge in [0, 0.05) is 11.6 Å². The second-order valence-electron chi connectivity index (χ2n) is 8.90. The van der Waals surface area contributed by atoms with Gasteiger partial charge in [-0.1, -0.05) is 23.8 Å². The van der Waals surface area contributed by atoms with Crippen LogP contribution in [-0.4, -0.2) is 68.0 Å². The Morgan fingerprint density at radius 2 is 1.75 bits per heavy atom. The molecule has 4 rings (SSSR count). The third-order valence-corrected chi connectivity index (χ3v) is 6.07. The Kier molecular flexibility index (Phi) is 7.34. The predicted octanol–water partition coefficient (Wildman–Crippen LogP) is 1.56. The monoisotopic (exact) mass is 500 g/mol. The van der Waals surface area contributed by atoms with E-state index in [0.717, 1.165) is 5.57 Å². The van der Waals surface area contributed by atoms with Crippen molar-refractivity contribution in [1.29, 1.82) is 0 Å². The van der Waals surface area contributed by atoms with Gasteiger partial charge in [-0.05, 0) is 38.0 Å². The van der Waals surface area contributed by atoms with Crippen LogP contribution < -0.4 is 10.2 Å². The van der Waals surface area contributed by atoms with Gasteiger partial charge in [0.2, 0.25) is 11.7 Å². The van der Waals surface area contributed by atoms with Gasteiger partial charge in [0.25, 0.3) is 0 Å². The lowest BCUT2D eigenvalue weighted by atomic mass is 9.99. The molecule has 0 spiro atoms. The summed E-state index contributed by atoms with van der Waals surface area (Å²) in [5, 5.41) is 60.3. The lowest BCUT2D eigenvalue weighted by Crippen LogP contribution is -2.60. The molecule has 10 heteroatoms. The van der Waals surface area contributed by atoms with E-state index < -0.39 is 48.5 Å². The Labute approximate surface area is 205 Å². The summed E-state index contributed by atoms with van der Waals surface area (Å²) in [7, 11) is 0. The molecule has 0 amide bonds. The summed E-state index contributed by atoms with van der Waals surface area (Å²) in [4.78, 5) is 13.3. The van der Waals surface area contributed by atoms with Gasteiger partial charge in [-0.2, -0.15) is 0 Å². The summed E-state index contributed by atoms with van der Waals surface area (Å²) in [6.45, 7) is 3.12. The Balaban J connectivity index is 1.83. The fourth-order valence-electron chi connectivity index (χ4n) is 4.05. The van der Waals surface area contributed by atoms with Gasteiger partial charge in [0.1, 0.15) is 58.9 Å². The van der Waals surface area contributed by atoms with Crippen molar-refractivity contribution in [3.05, 3.63) is 64.0 Å². The molecule has 1 aromatic heterocycles. The van der Waals surface area contributed by atoms with Gasteiger partial charge in [-0.3, -0.25) is 4.79 Å². The molecule has 0 unspecified atom stereocenters. The highest BCUT2D eigenvalue weighted by Crippen LogP contribution is 2.37. The number of ether oxygens (including phenoxy) is 2. The van der Waals surface area contributed by atoms with E-state index >= 15 is 0 Å². The number of aliphatic hydroxyl groups excluding tert-OH is 4. The molecule has 0 aliphatic carbocycles. The van der Waals surface area contributed by atoms with Crippen molar-refractivity contribution in [1.82, 2.24) is 0 Å². The number of aromatic hydroxyl groups is 2. The third-order valence-electron chi connectivity index (χ3n) is 6.07. The van der Waals surface area contributed by atoms with Crippen molar-refractivity contribution >= 4 is 11.0 Å². The van der Waals surface area contributed by atoms with E-state index in [1.165, 1.54) is 24.5 Å². The van der Waals surface area contributed by atoms with Gasteiger partial charge in [-0.15, -0.1) is 0 Å². The summed E-state index contributed by atoms with van der Waals surface area (Å²) in [6, 6.07) is 7.14. The molecule has 2 heterocycles. The summed E-state index contributed by atoms with van der Waals surface area (Å²) in [5.41, 5.74) is 1.54. The highest BCUT2D eigenvalue weighted by atomic mass is 16.7. The fraction of sp³-hybridized carbons (Fsp3) is 0.346. The second-order valence-corrected chi connectivity index (χ2v) is 8.90. The maximum atomic E-state index is 13.3. The lowest BCUT2D eigenvalue weighted by Gasteiger charge is -2.39. The minimum Gasteiger partial charge on any atom is -0.508 e. The largest absolute Gasteiger partial charge is 0.508 e. The Bertz CT molecular complexity index is 1320. The highest BCUT2D eigenvalue weighted by Gasteiger charge is 2.45. The number of phenolic OH excluding ortho intramolecular Hbond substituents is 2. The first-order valence-electron chi connectivity index (χ1n) is 11.3. The minimum atomic E-state index is -1.67. The molecule has 1 aliphatic rings. The normalized spacial score (nSPS) is 24.0. The molecule has 3 aromatic rings. The van der Waals surface area contributed by atoms with E-state index in [4.69, 9.17) is 13.9 Å². The molecule has 1 fully saturated rings. The molecular formula is C26H28O10. The van der Waals surface area contributed by atoms with Crippen LogP contribution in [0.5, 0.6) is 17.2 Å². The molecule has 6 N–H and O–H groups in total. The van der Waals surface area contributed by atoms with Crippen molar-refractivity contribution in [3.8, 4) is 28.4 Å². The second kappa shape index (κ2) is 10.3. The standard InChI is InChI=1S/C26H28O10/c1-12(2)3-8-15-18(35-26-24(33)23(32)22(31)19(10-27)36-26)9-17(29)20-21(30)16(11-34-25(15)20)13-4-6-14(28)7-5-13/h3-7,9,11,19,22-24,26-29,31-33H,8,10H2,1-2H3/t19-,22-,23+,24-,26-/m1/s1. The average Bonchev–Trinajstić information content (AvgIpc) is 2.84. The first-order valence-corrected chi connectivity index (χ1v) is 11.3. The molecule has 192 valence electrons. The SMILES string of the molecule is CC(C)=CCc1c(O[C@@H]2O[C@H](CO)[C@@H](O)[C@H](O)[C@H]2O)cc(O)c2c(=O)c(-c3ccc(O)cc3)coc12. The van der Waals surface area contributed by atoms with Crippen molar-refractivity contribution < 1.29 is 44.5 Å². The molecule has 1 saturated heterocycles. The van der Waals surface area contributed by atoms with Crippen LogP contribution in [0, 0.1) is 0 Å². The van der Waals surface area contributed by atoms with E-state index in [9.17, 15) is 35.4 Å². The molecule has 36 heavy (non-hydrogen) atoms. The van der Waals surface area contributed by atoms with Crippen LogP contribution in [0.2, 0.25) is 0 Å². The van der Waals surface area contributed by atoms with Crippen LogP contribution >= 0.6 is 0 Å². The Morgan fingerprint density at radius 3 is 2.39 bits per heavy atom. The van der Waals surface area contributed by atoms with Gasteiger partial charge in [0.15, 0.2) is 0 Å². The number of aliphatic hydroxyl groups is 4. The van der Waals surface area contributed by atoms with Crippen LogP contribution in [-0.2, 0) is 11.2 Å². The zero-order chi connectivity index (χ0) is 26.1.